The van der Waals surface area contributed by atoms with Gasteiger partial charge >= 0.3 is 0 Å². The number of nitrogens with zero attached hydrogens (tertiary/aromatic N) is 2. The number of anilines is 1. The number of hydrogen-bond acceptors (Lipinski definition) is 4. The lowest BCUT2D eigenvalue weighted by Crippen LogP contribution is -2.50. The summed E-state index contributed by atoms with van der Waals surface area (Å²) in [6, 6.07) is 16.4. The summed E-state index contributed by atoms with van der Waals surface area (Å²) in [6.07, 6.45) is 0.888. The van der Waals surface area contributed by atoms with Crippen LogP contribution in [0.4, 0.5) is 5.69 Å². The number of thioether (sulfide) groups is 1. The molecule has 0 atom stereocenters. The van der Waals surface area contributed by atoms with E-state index in [4.69, 9.17) is 0 Å². The van der Waals surface area contributed by atoms with Crippen LogP contribution in [-0.2, 0) is 21.8 Å². The second-order valence-corrected chi connectivity index (χ2v) is 8.68. The van der Waals surface area contributed by atoms with E-state index in [2.05, 4.69) is 48.3 Å². The van der Waals surface area contributed by atoms with Crippen molar-refractivity contribution in [1.29, 1.82) is 0 Å². The molecule has 1 heterocycles. The van der Waals surface area contributed by atoms with Gasteiger partial charge in [-0.25, -0.2) is 0 Å². The van der Waals surface area contributed by atoms with Gasteiger partial charge in [0.05, 0.1) is 12.3 Å². The molecule has 5 nitrogen and oxygen atoms in total. The van der Waals surface area contributed by atoms with Crippen LogP contribution in [-0.4, -0.2) is 60.1 Å². The van der Waals surface area contributed by atoms with Crippen LogP contribution >= 0.6 is 11.8 Å². The molecule has 0 radical (unpaired) electrons. The number of carbonyl (C=O) groups is 2. The molecule has 0 aliphatic carbocycles. The van der Waals surface area contributed by atoms with Gasteiger partial charge < -0.3 is 10.2 Å². The molecule has 30 heavy (non-hydrogen) atoms. The fourth-order valence-corrected chi connectivity index (χ4v) is 4.42. The SMILES string of the molecule is CCc1ccccc1NC(=O)CN1CCN(C(=O)CSCc2ccc(C)cc2)CC1. The average molecular weight is 426 g/mol. The Kier molecular flexibility index (Phi) is 8.34. The Hall–Kier alpha value is -2.31. The predicted octanol–water partition coefficient (Wildman–Crippen LogP) is 3.57. The molecule has 1 fully saturated rings. The molecule has 6 heteroatoms. The van der Waals surface area contributed by atoms with E-state index in [1.165, 1.54) is 11.1 Å². The molecule has 2 aromatic rings. The van der Waals surface area contributed by atoms with Gasteiger partial charge in [-0.15, -0.1) is 11.8 Å². The van der Waals surface area contributed by atoms with Gasteiger partial charge in [0.2, 0.25) is 11.8 Å². The molecule has 1 aliphatic heterocycles. The lowest BCUT2D eigenvalue weighted by atomic mass is 10.1. The van der Waals surface area contributed by atoms with Gasteiger partial charge in [0.25, 0.3) is 0 Å². The van der Waals surface area contributed by atoms with Gasteiger partial charge in [-0.1, -0.05) is 55.0 Å². The highest BCUT2D eigenvalue weighted by molar-refractivity contribution is 7.99. The standard InChI is InChI=1S/C24H31N3O2S/c1-3-21-6-4-5-7-22(21)25-23(28)16-26-12-14-27(15-13-26)24(29)18-30-17-20-10-8-19(2)9-11-20/h4-11H,3,12-18H2,1-2H3,(H,25,28). The largest absolute Gasteiger partial charge is 0.339 e. The van der Waals surface area contributed by atoms with Gasteiger partial charge in [0, 0.05) is 37.6 Å². The van der Waals surface area contributed by atoms with E-state index in [9.17, 15) is 9.59 Å². The third-order valence-electron chi connectivity index (χ3n) is 5.38. The molecule has 0 aromatic heterocycles. The predicted molar refractivity (Wildman–Crippen MR) is 125 cm³/mol. The minimum absolute atomic E-state index is 0.00401. The van der Waals surface area contributed by atoms with Crippen LogP contribution in [0, 0.1) is 6.92 Å². The fraction of sp³-hybridized carbons (Fsp3) is 0.417. The number of aryl methyl sites for hydroxylation is 2. The van der Waals surface area contributed by atoms with E-state index in [1.54, 1.807) is 11.8 Å². The van der Waals surface area contributed by atoms with Crippen LogP contribution in [0.25, 0.3) is 0 Å². The van der Waals surface area contributed by atoms with Crippen LogP contribution in [0.2, 0.25) is 0 Å². The van der Waals surface area contributed by atoms with E-state index >= 15 is 0 Å². The van der Waals surface area contributed by atoms with Crippen molar-refractivity contribution in [2.45, 2.75) is 26.0 Å². The molecule has 0 bridgehead atoms. The summed E-state index contributed by atoms with van der Waals surface area (Å²) >= 11 is 1.66. The average Bonchev–Trinajstić information content (AvgIpc) is 2.76. The van der Waals surface area contributed by atoms with Crippen molar-refractivity contribution in [2.24, 2.45) is 0 Å². The summed E-state index contributed by atoms with van der Waals surface area (Å²) in [5.74, 6) is 1.55. The van der Waals surface area contributed by atoms with Gasteiger partial charge in [-0.2, -0.15) is 0 Å². The highest BCUT2D eigenvalue weighted by atomic mass is 32.2. The smallest absolute Gasteiger partial charge is 0.238 e. The molecule has 1 N–H and O–H groups in total. The van der Waals surface area contributed by atoms with Gasteiger partial charge in [-0.3, -0.25) is 14.5 Å². The lowest BCUT2D eigenvalue weighted by Gasteiger charge is -2.34. The summed E-state index contributed by atoms with van der Waals surface area (Å²) < 4.78 is 0. The zero-order valence-corrected chi connectivity index (χ0v) is 18.7. The second-order valence-electron chi connectivity index (χ2n) is 7.69. The molecule has 2 amide bonds. The summed E-state index contributed by atoms with van der Waals surface area (Å²) in [5, 5.41) is 3.03. The minimum Gasteiger partial charge on any atom is -0.339 e. The number of benzene rings is 2. The van der Waals surface area contributed by atoms with Gasteiger partial charge in [0.15, 0.2) is 0 Å². The summed E-state index contributed by atoms with van der Waals surface area (Å²) in [5.41, 5.74) is 4.54. The maximum atomic E-state index is 12.5. The Balaban J connectivity index is 1.37. The van der Waals surface area contributed by atoms with Crippen molar-refractivity contribution in [2.75, 3.05) is 43.8 Å². The lowest BCUT2D eigenvalue weighted by molar-refractivity contribution is -0.130. The van der Waals surface area contributed by atoms with Crippen LogP contribution in [0.15, 0.2) is 48.5 Å². The molecule has 3 rings (SSSR count). The van der Waals surface area contributed by atoms with Crippen molar-refractivity contribution in [3.05, 3.63) is 65.2 Å². The van der Waals surface area contributed by atoms with E-state index in [-0.39, 0.29) is 11.8 Å². The zero-order chi connectivity index (χ0) is 21.3. The maximum Gasteiger partial charge on any atom is 0.238 e. The Morgan fingerprint density at radius 2 is 1.70 bits per heavy atom. The van der Waals surface area contributed by atoms with Crippen molar-refractivity contribution in [3.63, 3.8) is 0 Å². The Morgan fingerprint density at radius 3 is 2.40 bits per heavy atom. The van der Waals surface area contributed by atoms with Crippen LogP contribution in [0.5, 0.6) is 0 Å². The number of nitrogens with one attached hydrogen (secondary N) is 1. The summed E-state index contributed by atoms with van der Waals surface area (Å²) in [7, 11) is 0. The van der Waals surface area contributed by atoms with Crippen LogP contribution < -0.4 is 5.32 Å². The number of piperazine rings is 1. The molecule has 160 valence electrons. The van der Waals surface area contributed by atoms with Crippen molar-refractivity contribution >= 4 is 29.3 Å². The number of carbonyl (C=O) groups excluding carboxylic acids is 2. The van der Waals surface area contributed by atoms with Gasteiger partial charge in [0.1, 0.15) is 0 Å². The van der Waals surface area contributed by atoms with Crippen LogP contribution in [0.3, 0.4) is 0 Å². The Bertz CT molecular complexity index is 846. The van der Waals surface area contributed by atoms with Crippen molar-refractivity contribution < 1.29 is 9.59 Å². The van der Waals surface area contributed by atoms with E-state index in [0.717, 1.165) is 36.5 Å². The number of hydrogen-bond donors (Lipinski definition) is 1. The monoisotopic (exact) mass is 425 g/mol. The molecule has 1 saturated heterocycles. The quantitative estimate of drug-likeness (QED) is 0.703. The molecular weight excluding hydrogens is 394 g/mol. The maximum absolute atomic E-state index is 12.5. The summed E-state index contributed by atoms with van der Waals surface area (Å²) in [6.45, 7) is 7.36. The number of para-hydroxylation sites is 1. The third kappa shape index (κ3) is 6.61. The first-order valence-electron chi connectivity index (χ1n) is 10.6. The molecule has 0 spiro atoms. The molecule has 0 saturated carbocycles. The van der Waals surface area contributed by atoms with Crippen molar-refractivity contribution in [3.8, 4) is 0 Å². The molecular formula is C24H31N3O2S. The summed E-state index contributed by atoms with van der Waals surface area (Å²) in [4.78, 5) is 29.0. The van der Waals surface area contributed by atoms with E-state index < -0.39 is 0 Å². The topological polar surface area (TPSA) is 52.7 Å². The second kappa shape index (κ2) is 11.2. The van der Waals surface area contributed by atoms with Crippen molar-refractivity contribution in [1.82, 2.24) is 9.80 Å². The molecule has 2 aromatic carbocycles. The van der Waals surface area contributed by atoms with E-state index in [0.29, 0.717) is 25.4 Å². The normalized spacial score (nSPS) is 14.5. The first kappa shape index (κ1) is 22.4. The first-order chi connectivity index (χ1) is 14.5. The van der Waals surface area contributed by atoms with Crippen LogP contribution in [0.1, 0.15) is 23.6 Å². The third-order valence-corrected chi connectivity index (χ3v) is 6.37. The molecule has 0 unspecified atom stereocenters. The van der Waals surface area contributed by atoms with E-state index in [1.807, 2.05) is 29.2 Å². The number of rotatable bonds is 8. The zero-order valence-electron chi connectivity index (χ0n) is 17.9. The number of amides is 2. The Morgan fingerprint density at radius 1 is 1.00 bits per heavy atom. The fourth-order valence-electron chi connectivity index (χ4n) is 3.53. The minimum atomic E-state index is 0.00401. The highest BCUT2D eigenvalue weighted by Gasteiger charge is 2.22. The molecule has 1 aliphatic rings. The first-order valence-corrected chi connectivity index (χ1v) is 11.7. The van der Waals surface area contributed by atoms with Gasteiger partial charge in [-0.05, 0) is 30.5 Å². The highest BCUT2D eigenvalue weighted by Crippen LogP contribution is 2.16. The Labute approximate surface area is 183 Å².